The van der Waals surface area contributed by atoms with Crippen molar-refractivity contribution in [2.24, 2.45) is 0 Å². The lowest BCUT2D eigenvalue weighted by Gasteiger charge is -2.20. The van der Waals surface area contributed by atoms with Crippen molar-refractivity contribution in [1.82, 2.24) is 0 Å². The van der Waals surface area contributed by atoms with Gasteiger partial charge in [0.1, 0.15) is 16.9 Å². The van der Waals surface area contributed by atoms with Crippen molar-refractivity contribution in [3.8, 4) is 11.5 Å². The fourth-order valence-electron chi connectivity index (χ4n) is 2.97. The Morgan fingerprint density at radius 1 is 1.07 bits per heavy atom. The Morgan fingerprint density at radius 2 is 1.76 bits per heavy atom. The van der Waals surface area contributed by atoms with Gasteiger partial charge in [-0.15, -0.1) is 0 Å². The normalized spacial score (nSPS) is 11.8. The maximum Gasteiger partial charge on any atom is 0.303 e. The van der Waals surface area contributed by atoms with E-state index in [1.54, 1.807) is 6.07 Å². The first-order valence-corrected chi connectivity index (χ1v) is 10.7. The number of benzene rings is 2. The lowest BCUT2D eigenvalue weighted by Crippen LogP contribution is -2.11. The van der Waals surface area contributed by atoms with E-state index in [0.29, 0.717) is 24.2 Å². The van der Waals surface area contributed by atoms with Gasteiger partial charge in [0.2, 0.25) is 0 Å². The summed E-state index contributed by atoms with van der Waals surface area (Å²) in [6.07, 6.45) is 2.89. The predicted molar refractivity (Wildman–Crippen MR) is 115 cm³/mol. The highest BCUT2D eigenvalue weighted by Crippen LogP contribution is 2.37. The molecule has 2 N–H and O–H groups in total. The van der Waals surface area contributed by atoms with Crippen LogP contribution in [-0.2, 0) is 17.6 Å². The van der Waals surface area contributed by atoms with Gasteiger partial charge in [-0.1, -0.05) is 44.2 Å². The topological polar surface area (TPSA) is 83.8 Å². The summed E-state index contributed by atoms with van der Waals surface area (Å²) in [5.41, 5.74) is 1.94. The van der Waals surface area contributed by atoms with Crippen LogP contribution in [0, 0.1) is 0 Å². The minimum absolute atomic E-state index is 0.0713. The first-order chi connectivity index (χ1) is 13.8. The van der Waals surface area contributed by atoms with Crippen LogP contribution in [0.5, 0.6) is 11.5 Å². The average Bonchev–Trinajstić information content (AvgIpc) is 2.69. The van der Waals surface area contributed by atoms with Crippen LogP contribution in [0.25, 0.3) is 0 Å². The third-order valence-electron chi connectivity index (χ3n) is 4.53. The quantitative estimate of drug-likeness (QED) is 0.287. The number of carbonyl (C=O) groups is 2. The first-order valence-electron chi connectivity index (χ1n) is 9.85. The fraction of sp³-hybridized carbons (Fsp3) is 0.391. The second-order valence-corrected chi connectivity index (χ2v) is 8.06. The molecule has 2 aromatic carbocycles. The second kappa shape index (κ2) is 10.9. The van der Waals surface area contributed by atoms with Crippen LogP contribution in [0.2, 0.25) is 0 Å². The molecule has 0 aliphatic rings. The molecule has 0 aliphatic carbocycles. The molecule has 0 saturated carbocycles. The number of Topliss-reactive ketones (excluding diaryl/α,β-unsaturated/α-hetero) is 1. The monoisotopic (exact) mass is 416 g/mol. The van der Waals surface area contributed by atoms with Gasteiger partial charge in [0.15, 0.2) is 5.78 Å². The molecule has 1 unspecified atom stereocenters. The number of rotatable bonds is 11. The number of phenolic OH excluding ortho intramolecular Hbond substituents is 1. The molecule has 0 spiro atoms. The number of hydrogen-bond donors (Lipinski definition) is 2. The smallest absolute Gasteiger partial charge is 0.303 e. The molecule has 0 heterocycles. The maximum absolute atomic E-state index is 11.7. The average molecular weight is 417 g/mol. The Balaban J connectivity index is 2.14. The highest BCUT2D eigenvalue weighted by Gasteiger charge is 2.19. The van der Waals surface area contributed by atoms with E-state index in [0.717, 1.165) is 28.9 Å². The number of hydrogen-bond acceptors (Lipinski definition) is 5. The maximum atomic E-state index is 11.7. The molecular weight excluding hydrogens is 388 g/mol. The van der Waals surface area contributed by atoms with Crippen molar-refractivity contribution >= 4 is 23.5 Å². The van der Waals surface area contributed by atoms with Gasteiger partial charge >= 0.3 is 5.97 Å². The number of carboxylic acid groups (broad SMARTS) is 1. The minimum atomic E-state index is -0.810. The number of phenols is 1. The molecule has 29 heavy (non-hydrogen) atoms. The highest BCUT2D eigenvalue weighted by atomic mass is 32.2. The van der Waals surface area contributed by atoms with Crippen LogP contribution >= 0.6 is 11.8 Å². The van der Waals surface area contributed by atoms with Crippen LogP contribution in [-0.4, -0.2) is 27.4 Å². The van der Waals surface area contributed by atoms with Crippen molar-refractivity contribution in [3.05, 3.63) is 53.1 Å². The van der Waals surface area contributed by atoms with Gasteiger partial charge in [-0.3, -0.25) is 9.59 Å². The molecule has 156 valence electrons. The number of aliphatic carboxylic acids is 1. The van der Waals surface area contributed by atoms with Crippen molar-refractivity contribution in [3.63, 3.8) is 0 Å². The zero-order valence-corrected chi connectivity index (χ0v) is 17.9. The highest BCUT2D eigenvalue weighted by molar-refractivity contribution is 7.99. The predicted octanol–water partition coefficient (Wildman–Crippen LogP) is 5.47. The Morgan fingerprint density at radius 3 is 2.31 bits per heavy atom. The Labute approximate surface area is 176 Å². The zero-order chi connectivity index (χ0) is 21.4. The summed E-state index contributed by atoms with van der Waals surface area (Å²) in [6, 6.07) is 11.0. The first kappa shape index (κ1) is 22.8. The Hall–Kier alpha value is -2.47. The van der Waals surface area contributed by atoms with Gasteiger partial charge in [0, 0.05) is 16.9 Å². The third kappa shape index (κ3) is 6.53. The van der Waals surface area contributed by atoms with Gasteiger partial charge in [-0.25, -0.2) is 0 Å². The lowest BCUT2D eigenvalue weighted by molar-refractivity contribution is -0.136. The Bertz CT molecular complexity index is 845. The van der Waals surface area contributed by atoms with Crippen LogP contribution < -0.4 is 4.74 Å². The van der Waals surface area contributed by atoms with E-state index < -0.39 is 5.97 Å². The van der Waals surface area contributed by atoms with E-state index in [9.17, 15) is 14.7 Å². The van der Waals surface area contributed by atoms with Crippen LogP contribution in [0.3, 0.4) is 0 Å². The van der Waals surface area contributed by atoms with Gasteiger partial charge in [0.05, 0.1) is 5.56 Å². The number of aromatic hydroxyl groups is 1. The van der Waals surface area contributed by atoms with Crippen molar-refractivity contribution < 1.29 is 24.5 Å². The zero-order valence-electron chi connectivity index (χ0n) is 17.1. The summed E-state index contributed by atoms with van der Waals surface area (Å²) in [6.45, 7) is 5.52. The van der Waals surface area contributed by atoms with Gasteiger partial charge in [0.25, 0.3) is 0 Å². The van der Waals surface area contributed by atoms with Crippen LogP contribution in [0.15, 0.2) is 41.3 Å². The van der Waals surface area contributed by atoms with E-state index in [1.807, 2.05) is 44.2 Å². The van der Waals surface area contributed by atoms with Crippen molar-refractivity contribution in [1.29, 1.82) is 0 Å². The molecule has 2 rings (SSSR count). The summed E-state index contributed by atoms with van der Waals surface area (Å²) < 4.78 is 6.10. The number of ether oxygens (including phenoxy) is 1. The summed E-state index contributed by atoms with van der Waals surface area (Å²) >= 11 is 1.53. The molecule has 0 fully saturated rings. The summed E-state index contributed by atoms with van der Waals surface area (Å²) in [5, 5.41) is 19.3. The fourth-order valence-corrected chi connectivity index (χ4v) is 4.07. The largest absolute Gasteiger partial charge is 0.507 e. The van der Waals surface area contributed by atoms with Crippen molar-refractivity contribution in [2.75, 3.05) is 0 Å². The van der Waals surface area contributed by atoms with Crippen LogP contribution in [0.4, 0.5) is 0 Å². The molecule has 5 nitrogen and oxygen atoms in total. The van der Waals surface area contributed by atoms with E-state index in [2.05, 4.69) is 0 Å². The second-order valence-electron chi connectivity index (χ2n) is 6.86. The standard InChI is InChI=1S/C23H28O5S/c1-4-6-19-20(13-12-18(15(3)24)23(19)27)29-22(5-2)28-17-10-7-16(8-11-17)9-14-21(25)26/h7-8,10-13,22,27H,4-6,9,14H2,1-3H3,(H,25,26). The van der Waals surface area contributed by atoms with Crippen LogP contribution in [0.1, 0.15) is 61.5 Å². The van der Waals surface area contributed by atoms with Crippen molar-refractivity contribution in [2.45, 2.75) is 63.2 Å². The molecule has 0 aliphatic heterocycles. The molecule has 0 saturated heterocycles. The Kier molecular flexibility index (Phi) is 8.58. The molecule has 6 heteroatoms. The molecule has 2 aromatic rings. The van der Waals surface area contributed by atoms with Gasteiger partial charge < -0.3 is 14.9 Å². The third-order valence-corrected chi connectivity index (χ3v) is 5.86. The summed E-state index contributed by atoms with van der Waals surface area (Å²) in [5.74, 6) is -0.176. The number of aryl methyl sites for hydroxylation is 1. The van der Waals surface area contributed by atoms with E-state index in [-0.39, 0.29) is 23.4 Å². The summed E-state index contributed by atoms with van der Waals surface area (Å²) in [7, 11) is 0. The van der Waals surface area contributed by atoms with Gasteiger partial charge in [-0.2, -0.15) is 0 Å². The molecular formula is C23H28O5S. The molecule has 0 amide bonds. The van der Waals surface area contributed by atoms with E-state index in [1.165, 1.54) is 18.7 Å². The van der Waals surface area contributed by atoms with Gasteiger partial charge in [-0.05, 0) is 56.0 Å². The lowest BCUT2D eigenvalue weighted by atomic mass is 10.0. The molecule has 0 radical (unpaired) electrons. The molecule has 0 aromatic heterocycles. The molecule has 0 bridgehead atoms. The number of thioether (sulfide) groups is 1. The van der Waals surface area contributed by atoms with E-state index in [4.69, 9.17) is 9.84 Å². The molecule has 1 atom stereocenters. The number of carbonyl (C=O) groups excluding carboxylic acids is 1. The SMILES string of the molecule is CCCc1c(SC(CC)Oc2ccc(CCC(=O)O)cc2)ccc(C(C)=O)c1O. The number of carboxylic acids is 1. The minimum Gasteiger partial charge on any atom is -0.507 e. The number of ketones is 1. The van der Waals surface area contributed by atoms with E-state index >= 15 is 0 Å². The summed E-state index contributed by atoms with van der Waals surface area (Å²) in [4.78, 5) is 23.3.